The lowest BCUT2D eigenvalue weighted by atomic mass is 10.3. The van der Waals surface area contributed by atoms with Crippen molar-refractivity contribution in [3.05, 3.63) is 35.3 Å². The van der Waals surface area contributed by atoms with E-state index < -0.39 is 11.9 Å². The first-order valence-corrected chi connectivity index (χ1v) is 7.67. The van der Waals surface area contributed by atoms with E-state index in [0.717, 1.165) is 21.3 Å². The summed E-state index contributed by atoms with van der Waals surface area (Å²) in [5, 5.41) is 4.12. The second-order valence-corrected chi connectivity index (χ2v) is 6.22. The summed E-state index contributed by atoms with van der Waals surface area (Å²) in [4.78, 5) is 3.49. The highest BCUT2D eigenvalue weighted by atomic mass is 32.1. The summed E-state index contributed by atoms with van der Waals surface area (Å²) >= 11 is 1.39. The molecule has 2 heterocycles. The Kier molecular flexibility index (Phi) is 4.65. The Labute approximate surface area is 131 Å². The molecule has 2 rings (SSSR count). The van der Waals surface area contributed by atoms with Crippen LogP contribution >= 0.6 is 11.3 Å². The van der Waals surface area contributed by atoms with E-state index in [-0.39, 0.29) is 6.54 Å². The quantitative estimate of drug-likeness (QED) is 0.801. The van der Waals surface area contributed by atoms with Gasteiger partial charge in [0.05, 0.1) is 9.75 Å². The zero-order valence-electron chi connectivity index (χ0n) is 12.7. The molecule has 7 heteroatoms. The molecule has 0 unspecified atom stereocenters. The molecule has 0 aliphatic rings. The first-order chi connectivity index (χ1) is 10.2. The Morgan fingerprint density at radius 1 is 1.36 bits per heavy atom. The summed E-state index contributed by atoms with van der Waals surface area (Å²) in [5.74, 6) is 0. The zero-order valence-corrected chi connectivity index (χ0v) is 13.6. The molecule has 0 aliphatic heterocycles. The fourth-order valence-corrected chi connectivity index (χ4v) is 3.01. The second-order valence-electron chi connectivity index (χ2n) is 5.14. The second kappa shape index (κ2) is 6.16. The topological polar surface area (TPSA) is 21.1 Å². The van der Waals surface area contributed by atoms with Crippen molar-refractivity contribution >= 4 is 17.0 Å². The van der Waals surface area contributed by atoms with E-state index in [1.165, 1.54) is 11.3 Å². The van der Waals surface area contributed by atoms with Gasteiger partial charge in [-0.1, -0.05) is 13.5 Å². The van der Waals surface area contributed by atoms with Crippen molar-refractivity contribution in [3.63, 3.8) is 0 Å². The van der Waals surface area contributed by atoms with Crippen LogP contribution in [0, 0.1) is 0 Å². The monoisotopic (exact) mass is 329 g/mol. The molecule has 0 amide bonds. The number of hydrogen-bond acceptors (Lipinski definition) is 3. The van der Waals surface area contributed by atoms with Crippen LogP contribution in [0.4, 0.5) is 13.2 Å². The minimum atomic E-state index is -4.40. The Hall–Kier alpha value is -1.76. The van der Waals surface area contributed by atoms with Crippen LogP contribution in [-0.2, 0) is 12.7 Å². The van der Waals surface area contributed by atoms with Crippen LogP contribution in [0.25, 0.3) is 16.3 Å². The third-order valence-corrected chi connectivity index (χ3v) is 4.35. The summed E-state index contributed by atoms with van der Waals surface area (Å²) in [6.07, 6.45) is -3.80. The normalized spacial score (nSPS) is 11.7. The number of aromatic nitrogens is 2. The SMILES string of the molecule is C=C(c1ccc(-c2cc(C(F)(F)F)n(CCC)n2)s1)N(C)C. The Morgan fingerprint density at radius 2 is 2.05 bits per heavy atom. The number of thiophene rings is 1. The Balaban J connectivity index is 2.39. The lowest BCUT2D eigenvalue weighted by molar-refractivity contribution is -0.144. The van der Waals surface area contributed by atoms with Crippen molar-refractivity contribution in [2.75, 3.05) is 14.1 Å². The van der Waals surface area contributed by atoms with Gasteiger partial charge >= 0.3 is 6.18 Å². The first kappa shape index (κ1) is 16.6. The highest BCUT2D eigenvalue weighted by Gasteiger charge is 2.35. The van der Waals surface area contributed by atoms with Crippen LogP contribution in [0.3, 0.4) is 0 Å². The highest BCUT2D eigenvalue weighted by Crippen LogP contribution is 2.36. The average molecular weight is 329 g/mol. The van der Waals surface area contributed by atoms with Gasteiger partial charge in [0.1, 0.15) is 11.4 Å². The first-order valence-electron chi connectivity index (χ1n) is 6.86. The van der Waals surface area contributed by atoms with E-state index in [4.69, 9.17) is 0 Å². The molecule has 0 saturated heterocycles. The van der Waals surface area contributed by atoms with E-state index in [0.29, 0.717) is 17.0 Å². The van der Waals surface area contributed by atoms with Gasteiger partial charge in [-0.2, -0.15) is 18.3 Å². The van der Waals surface area contributed by atoms with Gasteiger partial charge in [0.2, 0.25) is 0 Å². The number of hydrogen-bond donors (Lipinski definition) is 0. The van der Waals surface area contributed by atoms with Gasteiger partial charge in [0.15, 0.2) is 0 Å². The predicted molar refractivity (Wildman–Crippen MR) is 83.6 cm³/mol. The molecule has 22 heavy (non-hydrogen) atoms. The van der Waals surface area contributed by atoms with Crippen molar-refractivity contribution in [1.29, 1.82) is 0 Å². The molecule has 0 bridgehead atoms. The molecule has 0 aliphatic carbocycles. The van der Waals surface area contributed by atoms with Gasteiger partial charge in [-0.15, -0.1) is 11.3 Å². The maximum absolute atomic E-state index is 13.1. The molecule has 0 aromatic carbocycles. The maximum atomic E-state index is 13.1. The van der Waals surface area contributed by atoms with Crippen LogP contribution < -0.4 is 0 Å². The molecule has 0 saturated carbocycles. The van der Waals surface area contributed by atoms with E-state index in [1.807, 2.05) is 32.0 Å². The minimum Gasteiger partial charge on any atom is -0.377 e. The van der Waals surface area contributed by atoms with Gasteiger partial charge in [-0.25, -0.2) is 0 Å². The Bertz CT molecular complexity index is 668. The van der Waals surface area contributed by atoms with E-state index in [2.05, 4.69) is 11.7 Å². The zero-order chi connectivity index (χ0) is 16.5. The molecule has 0 N–H and O–H groups in total. The fourth-order valence-electron chi connectivity index (χ4n) is 2.00. The standard InChI is InChI=1S/C15H18F3N3S/c1-5-8-21-14(15(16,17)18)9-11(19-21)13-7-6-12(22-13)10(2)20(3)4/h6-7,9H,2,5,8H2,1,3-4H3. The van der Waals surface area contributed by atoms with Crippen molar-refractivity contribution in [2.45, 2.75) is 26.1 Å². The van der Waals surface area contributed by atoms with Crippen molar-refractivity contribution in [2.24, 2.45) is 0 Å². The van der Waals surface area contributed by atoms with Gasteiger partial charge in [0.25, 0.3) is 0 Å². The van der Waals surface area contributed by atoms with Gasteiger partial charge in [0, 0.05) is 26.3 Å². The number of halogens is 3. The van der Waals surface area contributed by atoms with E-state index in [9.17, 15) is 13.2 Å². The number of rotatable bonds is 5. The summed E-state index contributed by atoms with van der Waals surface area (Å²) in [6, 6.07) is 4.76. The highest BCUT2D eigenvalue weighted by molar-refractivity contribution is 7.16. The maximum Gasteiger partial charge on any atom is 0.433 e. The lowest BCUT2D eigenvalue weighted by Crippen LogP contribution is -2.14. The van der Waals surface area contributed by atoms with Gasteiger partial charge < -0.3 is 4.90 Å². The van der Waals surface area contributed by atoms with Gasteiger partial charge in [-0.3, -0.25) is 4.68 Å². The summed E-state index contributed by atoms with van der Waals surface area (Å²) in [7, 11) is 3.75. The average Bonchev–Trinajstić information content (AvgIpc) is 3.03. The lowest BCUT2D eigenvalue weighted by Gasteiger charge is -2.13. The van der Waals surface area contributed by atoms with Crippen LogP contribution in [0.1, 0.15) is 23.9 Å². The molecule has 0 radical (unpaired) electrons. The van der Waals surface area contributed by atoms with Crippen LogP contribution in [-0.4, -0.2) is 28.8 Å². The predicted octanol–water partition coefficient (Wildman–Crippen LogP) is 4.57. The van der Waals surface area contributed by atoms with Crippen molar-refractivity contribution in [1.82, 2.24) is 14.7 Å². The molecule has 120 valence electrons. The molecule has 0 spiro atoms. The molecule has 2 aromatic heterocycles. The third kappa shape index (κ3) is 3.35. The molecule has 3 nitrogen and oxygen atoms in total. The molecule has 0 fully saturated rings. The third-order valence-electron chi connectivity index (χ3n) is 3.19. The number of alkyl halides is 3. The van der Waals surface area contributed by atoms with Crippen LogP contribution in [0.5, 0.6) is 0 Å². The van der Waals surface area contributed by atoms with E-state index in [1.54, 1.807) is 6.07 Å². The van der Waals surface area contributed by atoms with E-state index >= 15 is 0 Å². The molecular formula is C15H18F3N3S. The van der Waals surface area contributed by atoms with Crippen LogP contribution in [0.2, 0.25) is 0 Å². The molecular weight excluding hydrogens is 311 g/mol. The number of aryl methyl sites for hydroxylation is 1. The van der Waals surface area contributed by atoms with Gasteiger partial charge in [-0.05, 0) is 24.6 Å². The summed E-state index contributed by atoms with van der Waals surface area (Å²) in [6.45, 7) is 6.03. The Morgan fingerprint density at radius 3 is 2.59 bits per heavy atom. The molecule has 2 aromatic rings. The largest absolute Gasteiger partial charge is 0.433 e. The minimum absolute atomic E-state index is 0.248. The van der Waals surface area contributed by atoms with Crippen molar-refractivity contribution < 1.29 is 13.2 Å². The van der Waals surface area contributed by atoms with Crippen LogP contribution in [0.15, 0.2) is 24.8 Å². The number of nitrogens with zero attached hydrogens (tertiary/aromatic N) is 3. The summed E-state index contributed by atoms with van der Waals surface area (Å²) in [5.41, 5.74) is 0.467. The molecule has 0 atom stereocenters. The van der Waals surface area contributed by atoms with Crippen molar-refractivity contribution in [3.8, 4) is 10.6 Å². The summed E-state index contributed by atoms with van der Waals surface area (Å²) < 4.78 is 40.2. The fraction of sp³-hybridized carbons (Fsp3) is 0.400. The smallest absolute Gasteiger partial charge is 0.377 e.